The fourth-order valence-corrected chi connectivity index (χ4v) is 5.00. The molecule has 4 rings (SSSR count). The molecule has 0 N–H and O–H groups in total. The van der Waals surface area contributed by atoms with Crippen molar-refractivity contribution in [2.45, 2.75) is 25.9 Å². The Morgan fingerprint density at radius 1 is 1.09 bits per heavy atom. The summed E-state index contributed by atoms with van der Waals surface area (Å²) in [5.74, 6) is -0.0731. The molecule has 2 aliphatic heterocycles. The van der Waals surface area contributed by atoms with Gasteiger partial charge in [-0.3, -0.25) is 19.3 Å². The van der Waals surface area contributed by atoms with Crippen LogP contribution in [-0.4, -0.2) is 46.5 Å². The molecule has 172 valence electrons. The maximum atomic E-state index is 12.9. The van der Waals surface area contributed by atoms with Crippen molar-refractivity contribution in [3.63, 3.8) is 0 Å². The molecule has 2 saturated heterocycles. The summed E-state index contributed by atoms with van der Waals surface area (Å²) in [4.78, 5) is 41.0. The number of imide groups is 1. The van der Waals surface area contributed by atoms with Crippen molar-refractivity contribution in [3.8, 4) is 5.75 Å². The maximum absolute atomic E-state index is 12.9. The molecule has 2 fully saturated rings. The van der Waals surface area contributed by atoms with Gasteiger partial charge in [0.25, 0.3) is 11.1 Å². The Morgan fingerprint density at radius 3 is 2.55 bits per heavy atom. The molecule has 0 aromatic heterocycles. The van der Waals surface area contributed by atoms with E-state index in [9.17, 15) is 14.4 Å². The van der Waals surface area contributed by atoms with Gasteiger partial charge in [-0.05, 0) is 73.0 Å². The van der Waals surface area contributed by atoms with Crippen LogP contribution in [0.5, 0.6) is 5.75 Å². The highest BCUT2D eigenvalue weighted by atomic mass is 79.9. The van der Waals surface area contributed by atoms with Crippen LogP contribution in [0.25, 0.3) is 6.08 Å². The normalized spacial score (nSPS) is 17.7. The molecule has 0 aliphatic carbocycles. The molecule has 0 radical (unpaired) electrons. The van der Waals surface area contributed by atoms with E-state index in [-0.39, 0.29) is 17.4 Å². The zero-order valence-electron chi connectivity index (χ0n) is 17.8. The lowest BCUT2D eigenvalue weighted by Crippen LogP contribution is -2.44. The number of benzene rings is 2. The van der Waals surface area contributed by atoms with Gasteiger partial charge in [-0.1, -0.05) is 39.7 Å². The number of rotatable bonds is 6. The minimum atomic E-state index is -0.459. The first kappa shape index (κ1) is 23.9. The molecule has 9 heteroatoms. The van der Waals surface area contributed by atoms with Crippen molar-refractivity contribution in [1.82, 2.24) is 9.80 Å². The smallest absolute Gasteiger partial charge is 0.294 e. The van der Waals surface area contributed by atoms with Crippen LogP contribution in [0.1, 0.15) is 30.4 Å². The van der Waals surface area contributed by atoms with Gasteiger partial charge < -0.3 is 9.64 Å². The van der Waals surface area contributed by atoms with Gasteiger partial charge in [0.15, 0.2) is 0 Å². The van der Waals surface area contributed by atoms with E-state index in [0.29, 0.717) is 36.0 Å². The van der Waals surface area contributed by atoms with E-state index >= 15 is 0 Å². The minimum Gasteiger partial charge on any atom is -0.488 e. The summed E-state index contributed by atoms with van der Waals surface area (Å²) in [7, 11) is 0. The number of carbonyl (C=O) groups is 3. The van der Waals surface area contributed by atoms with Crippen molar-refractivity contribution in [3.05, 3.63) is 68.0 Å². The average Bonchev–Trinajstić information content (AvgIpc) is 3.07. The lowest BCUT2D eigenvalue weighted by Gasteiger charge is -2.27. The number of ether oxygens (including phenoxy) is 1. The third-order valence-electron chi connectivity index (χ3n) is 5.44. The summed E-state index contributed by atoms with van der Waals surface area (Å²) < 4.78 is 6.78. The van der Waals surface area contributed by atoms with Crippen molar-refractivity contribution < 1.29 is 19.1 Å². The van der Waals surface area contributed by atoms with E-state index in [4.69, 9.17) is 16.3 Å². The molecule has 0 saturated carbocycles. The summed E-state index contributed by atoms with van der Waals surface area (Å²) in [5, 5.41) is 0.216. The number of hydrogen-bond donors (Lipinski definition) is 0. The molecule has 33 heavy (non-hydrogen) atoms. The molecule has 2 aromatic rings. The summed E-state index contributed by atoms with van der Waals surface area (Å²) in [5.41, 5.74) is 1.61. The molecule has 2 aliphatic rings. The molecule has 2 heterocycles. The maximum Gasteiger partial charge on any atom is 0.294 e. The van der Waals surface area contributed by atoms with E-state index < -0.39 is 11.1 Å². The van der Waals surface area contributed by atoms with Crippen LogP contribution >= 0.6 is 39.3 Å². The largest absolute Gasteiger partial charge is 0.488 e. The minimum absolute atomic E-state index is 0.187. The number of carbonyl (C=O) groups excluding carboxylic acids is 3. The Hall–Kier alpha value is -2.29. The van der Waals surface area contributed by atoms with Crippen molar-refractivity contribution in [1.29, 1.82) is 0 Å². The highest BCUT2D eigenvalue weighted by molar-refractivity contribution is 9.10. The molecular weight excluding hydrogens is 528 g/mol. The Morgan fingerprint density at radius 2 is 1.82 bits per heavy atom. The number of nitrogens with zero attached hydrogens (tertiary/aromatic N) is 2. The van der Waals surface area contributed by atoms with Crippen LogP contribution in [0, 0.1) is 0 Å². The molecule has 0 unspecified atom stereocenters. The van der Waals surface area contributed by atoms with Gasteiger partial charge in [-0.2, -0.15) is 0 Å². The van der Waals surface area contributed by atoms with Crippen molar-refractivity contribution in [2.75, 3.05) is 19.6 Å². The number of halogens is 2. The van der Waals surface area contributed by atoms with Gasteiger partial charge >= 0.3 is 0 Å². The lowest BCUT2D eigenvalue weighted by atomic mass is 10.1. The van der Waals surface area contributed by atoms with Crippen molar-refractivity contribution >= 4 is 62.4 Å². The van der Waals surface area contributed by atoms with E-state index in [1.165, 1.54) is 0 Å². The first-order valence-electron chi connectivity index (χ1n) is 10.6. The zero-order chi connectivity index (χ0) is 23.4. The monoisotopic (exact) mass is 548 g/mol. The van der Waals surface area contributed by atoms with Crippen LogP contribution in [0.15, 0.2) is 51.8 Å². The molecule has 2 aromatic carbocycles. The number of likely N-dealkylation sites (tertiary alicyclic amines) is 1. The van der Waals surface area contributed by atoms with Crippen LogP contribution in [0.4, 0.5) is 4.79 Å². The summed E-state index contributed by atoms with van der Waals surface area (Å²) in [6.07, 6.45) is 4.64. The van der Waals surface area contributed by atoms with Crippen LogP contribution in [0.3, 0.4) is 0 Å². The Balaban J connectivity index is 1.49. The van der Waals surface area contributed by atoms with Gasteiger partial charge in [0.05, 0.1) is 4.91 Å². The fourth-order valence-electron chi connectivity index (χ4n) is 3.66. The third kappa shape index (κ3) is 5.99. The quantitative estimate of drug-likeness (QED) is 0.431. The number of thioether (sulfide) groups is 1. The highest BCUT2D eigenvalue weighted by Crippen LogP contribution is 2.35. The third-order valence-corrected chi connectivity index (χ3v) is 7.09. The van der Waals surface area contributed by atoms with E-state index in [2.05, 4.69) is 15.9 Å². The van der Waals surface area contributed by atoms with Gasteiger partial charge in [-0.15, -0.1) is 0 Å². The summed E-state index contributed by atoms with van der Waals surface area (Å²) in [6.45, 7) is 1.46. The summed E-state index contributed by atoms with van der Waals surface area (Å²) >= 11 is 10.2. The zero-order valence-corrected chi connectivity index (χ0v) is 20.9. The first-order chi connectivity index (χ1) is 15.9. The van der Waals surface area contributed by atoms with Gasteiger partial charge in [0.1, 0.15) is 18.9 Å². The molecule has 0 atom stereocenters. The average molecular weight is 550 g/mol. The van der Waals surface area contributed by atoms with Gasteiger partial charge in [-0.25, -0.2) is 0 Å². The number of piperidine rings is 1. The molecule has 0 bridgehead atoms. The fraction of sp³-hybridized carbons (Fsp3) is 0.292. The Kier molecular flexibility index (Phi) is 7.78. The Labute approximate surface area is 210 Å². The van der Waals surface area contributed by atoms with Crippen LogP contribution < -0.4 is 4.74 Å². The van der Waals surface area contributed by atoms with E-state index in [1.54, 1.807) is 29.2 Å². The predicted molar refractivity (Wildman–Crippen MR) is 133 cm³/mol. The molecule has 6 nitrogen and oxygen atoms in total. The van der Waals surface area contributed by atoms with E-state index in [1.807, 2.05) is 24.3 Å². The van der Waals surface area contributed by atoms with Gasteiger partial charge in [0, 0.05) is 28.1 Å². The summed E-state index contributed by atoms with van der Waals surface area (Å²) in [6, 6.07) is 12.8. The molecule has 3 amide bonds. The van der Waals surface area contributed by atoms with Crippen LogP contribution in [0.2, 0.25) is 5.02 Å². The standard InChI is InChI=1S/C24H22BrClN2O4S/c25-18-6-9-20(32-15-16-4-7-19(26)8-5-16)17(12-18)13-21-23(30)28(24(31)33-21)14-22(29)27-10-2-1-3-11-27/h4-9,12-13H,1-3,10-11,14-15H2/b21-13+. The first-order valence-corrected chi connectivity index (χ1v) is 12.6. The second kappa shape index (κ2) is 10.8. The second-order valence-corrected chi connectivity index (χ2v) is 10.2. The Bertz CT molecular complexity index is 1100. The molecule has 0 spiro atoms. The topological polar surface area (TPSA) is 66.9 Å². The van der Waals surface area contributed by atoms with Gasteiger partial charge in [0.2, 0.25) is 5.91 Å². The SMILES string of the molecule is O=C(CN1C(=O)S/C(=C/c2cc(Br)ccc2OCc2ccc(Cl)cc2)C1=O)N1CCCCC1. The molecular formula is C24H22BrClN2O4S. The highest BCUT2D eigenvalue weighted by Gasteiger charge is 2.37. The van der Waals surface area contributed by atoms with E-state index in [0.717, 1.165) is 46.0 Å². The lowest BCUT2D eigenvalue weighted by molar-refractivity contribution is -0.136. The van der Waals surface area contributed by atoms with Crippen molar-refractivity contribution in [2.24, 2.45) is 0 Å². The number of hydrogen-bond acceptors (Lipinski definition) is 5. The number of amides is 3. The second-order valence-electron chi connectivity index (χ2n) is 7.81. The van der Waals surface area contributed by atoms with Crippen LogP contribution in [-0.2, 0) is 16.2 Å². The predicted octanol–water partition coefficient (Wildman–Crippen LogP) is 5.73.